The van der Waals surface area contributed by atoms with E-state index in [0.717, 1.165) is 37.9 Å². The van der Waals surface area contributed by atoms with Crippen molar-refractivity contribution in [1.29, 1.82) is 0 Å². The fourth-order valence-electron chi connectivity index (χ4n) is 3.41. The van der Waals surface area contributed by atoms with Crippen molar-refractivity contribution in [2.75, 3.05) is 19.7 Å². The minimum absolute atomic E-state index is 0. The van der Waals surface area contributed by atoms with Crippen molar-refractivity contribution in [3.63, 3.8) is 0 Å². The predicted molar refractivity (Wildman–Crippen MR) is 89.0 cm³/mol. The SMILES string of the molecule is CC(N)C1CCN(C(=O)C2OCCc3ccccc32)CC1.Cl. The standard InChI is InChI=1S/C17H24N2O2.ClH/c1-12(18)13-6-9-19(10-7-13)17(20)16-15-5-3-2-4-14(15)8-11-21-16;/h2-5,12-13,16H,6-11,18H2,1H3;1H. The smallest absolute Gasteiger partial charge is 0.256 e. The molecule has 2 N–H and O–H groups in total. The molecule has 2 atom stereocenters. The molecule has 2 heterocycles. The molecule has 1 fully saturated rings. The number of benzene rings is 1. The molecule has 2 aliphatic rings. The van der Waals surface area contributed by atoms with Crippen LogP contribution in [-0.4, -0.2) is 36.5 Å². The number of rotatable bonds is 2. The Morgan fingerprint density at radius 1 is 1.32 bits per heavy atom. The molecule has 1 saturated heterocycles. The molecule has 2 unspecified atom stereocenters. The highest BCUT2D eigenvalue weighted by Gasteiger charge is 2.33. The summed E-state index contributed by atoms with van der Waals surface area (Å²) in [6, 6.07) is 8.34. The number of halogens is 1. The highest BCUT2D eigenvalue weighted by Crippen LogP contribution is 2.30. The van der Waals surface area contributed by atoms with Gasteiger partial charge >= 0.3 is 0 Å². The summed E-state index contributed by atoms with van der Waals surface area (Å²) in [5, 5.41) is 0. The first-order chi connectivity index (χ1) is 10.2. The summed E-state index contributed by atoms with van der Waals surface area (Å²) < 4.78 is 5.78. The Hall–Kier alpha value is -1.10. The lowest BCUT2D eigenvalue weighted by molar-refractivity contribution is -0.146. The Labute approximate surface area is 138 Å². The Morgan fingerprint density at radius 3 is 2.68 bits per heavy atom. The molecular weight excluding hydrogens is 300 g/mol. The number of carbonyl (C=O) groups excluding carboxylic acids is 1. The maximum Gasteiger partial charge on any atom is 0.256 e. The van der Waals surface area contributed by atoms with Crippen molar-refractivity contribution < 1.29 is 9.53 Å². The maximum absolute atomic E-state index is 12.8. The van der Waals surface area contributed by atoms with Crippen LogP contribution in [0.2, 0.25) is 0 Å². The number of carbonyl (C=O) groups is 1. The van der Waals surface area contributed by atoms with Gasteiger partial charge in [0.2, 0.25) is 0 Å². The molecule has 0 saturated carbocycles. The summed E-state index contributed by atoms with van der Waals surface area (Å²) in [6.07, 6.45) is 2.48. The molecule has 5 heteroatoms. The summed E-state index contributed by atoms with van der Waals surface area (Å²) in [5.74, 6) is 0.652. The molecule has 22 heavy (non-hydrogen) atoms. The maximum atomic E-state index is 12.8. The van der Waals surface area contributed by atoms with Crippen LogP contribution >= 0.6 is 12.4 Å². The third kappa shape index (κ3) is 3.45. The summed E-state index contributed by atoms with van der Waals surface area (Å²) >= 11 is 0. The lowest BCUT2D eigenvalue weighted by Crippen LogP contribution is -2.45. The topological polar surface area (TPSA) is 55.6 Å². The van der Waals surface area contributed by atoms with Gasteiger partial charge in [0.15, 0.2) is 6.10 Å². The van der Waals surface area contributed by atoms with Crippen LogP contribution in [0.25, 0.3) is 0 Å². The Morgan fingerprint density at radius 2 is 2.00 bits per heavy atom. The third-order valence-electron chi connectivity index (χ3n) is 4.81. The second kappa shape index (κ2) is 7.44. The van der Waals surface area contributed by atoms with Gasteiger partial charge in [0, 0.05) is 19.1 Å². The van der Waals surface area contributed by atoms with E-state index in [1.165, 1.54) is 5.56 Å². The number of nitrogens with two attached hydrogens (primary N) is 1. The van der Waals surface area contributed by atoms with Crippen molar-refractivity contribution >= 4 is 18.3 Å². The first kappa shape index (κ1) is 17.3. The number of ether oxygens (including phenoxy) is 1. The number of hydrogen-bond acceptors (Lipinski definition) is 3. The van der Waals surface area contributed by atoms with E-state index in [9.17, 15) is 4.79 Å². The van der Waals surface area contributed by atoms with Crippen LogP contribution in [0, 0.1) is 5.92 Å². The average Bonchev–Trinajstić information content (AvgIpc) is 2.53. The Kier molecular flexibility index (Phi) is 5.84. The number of nitrogens with zero attached hydrogens (tertiary/aromatic N) is 1. The highest BCUT2D eigenvalue weighted by molar-refractivity contribution is 5.85. The lowest BCUT2D eigenvalue weighted by atomic mass is 9.90. The van der Waals surface area contributed by atoms with Gasteiger partial charge in [-0.3, -0.25) is 4.79 Å². The molecule has 4 nitrogen and oxygen atoms in total. The molecular formula is C17H25ClN2O2. The molecule has 1 aromatic rings. The molecule has 0 radical (unpaired) electrons. The minimum Gasteiger partial charge on any atom is -0.363 e. The van der Waals surface area contributed by atoms with Gasteiger partial charge in [-0.05, 0) is 43.2 Å². The van der Waals surface area contributed by atoms with Crippen molar-refractivity contribution in [3.8, 4) is 0 Å². The van der Waals surface area contributed by atoms with E-state index in [1.54, 1.807) is 0 Å². The number of hydrogen-bond donors (Lipinski definition) is 1. The van der Waals surface area contributed by atoms with Crippen molar-refractivity contribution in [2.24, 2.45) is 11.7 Å². The van der Waals surface area contributed by atoms with Crippen LogP contribution in [0.1, 0.15) is 37.0 Å². The number of fused-ring (bicyclic) bond motifs is 1. The predicted octanol–water partition coefficient (Wildman–Crippen LogP) is 2.31. The first-order valence-electron chi connectivity index (χ1n) is 7.90. The number of amides is 1. The summed E-state index contributed by atoms with van der Waals surface area (Å²) in [5.41, 5.74) is 8.25. The Balaban J connectivity index is 0.00000176. The molecule has 2 aliphatic heterocycles. The molecule has 3 rings (SSSR count). The van der Waals surface area contributed by atoms with Crippen LogP contribution < -0.4 is 5.73 Å². The molecule has 1 aromatic carbocycles. The Bertz CT molecular complexity index is 513. The van der Waals surface area contributed by atoms with Gasteiger partial charge in [0.05, 0.1) is 6.61 Å². The normalized spacial score (nSPS) is 23.4. The first-order valence-corrected chi connectivity index (χ1v) is 7.90. The van der Waals surface area contributed by atoms with Crippen molar-refractivity contribution in [3.05, 3.63) is 35.4 Å². The van der Waals surface area contributed by atoms with Gasteiger partial charge in [-0.15, -0.1) is 12.4 Å². The third-order valence-corrected chi connectivity index (χ3v) is 4.81. The van der Waals surface area contributed by atoms with E-state index < -0.39 is 6.10 Å². The quantitative estimate of drug-likeness (QED) is 0.908. The average molecular weight is 325 g/mol. The summed E-state index contributed by atoms with van der Waals surface area (Å²) in [6.45, 7) is 4.28. The highest BCUT2D eigenvalue weighted by atomic mass is 35.5. The fourth-order valence-corrected chi connectivity index (χ4v) is 3.41. The van der Waals surface area contributed by atoms with Gasteiger partial charge in [0.25, 0.3) is 5.91 Å². The second-order valence-electron chi connectivity index (χ2n) is 6.22. The summed E-state index contributed by atoms with van der Waals surface area (Å²) in [7, 11) is 0. The molecule has 0 spiro atoms. The molecule has 1 amide bonds. The number of piperidine rings is 1. The van der Waals surface area contributed by atoms with Crippen molar-refractivity contribution in [2.45, 2.75) is 38.3 Å². The van der Waals surface area contributed by atoms with E-state index in [-0.39, 0.29) is 24.4 Å². The van der Waals surface area contributed by atoms with E-state index >= 15 is 0 Å². The molecule has 0 aliphatic carbocycles. The number of likely N-dealkylation sites (tertiary alicyclic amines) is 1. The van der Waals surface area contributed by atoms with Crippen LogP contribution in [-0.2, 0) is 16.0 Å². The van der Waals surface area contributed by atoms with E-state index in [2.05, 4.69) is 13.0 Å². The van der Waals surface area contributed by atoms with Gasteiger partial charge in [0.1, 0.15) is 0 Å². The zero-order valence-corrected chi connectivity index (χ0v) is 13.8. The van der Waals surface area contributed by atoms with Crippen LogP contribution in [0.5, 0.6) is 0 Å². The van der Waals surface area contributed by atoms with Crippen LogP contribution in [0.4, 0.5) is 0 Å². The van der Waals surface area contributed by atoms with Gasteiger partial charge in [-0.1, -0.05) is 24.3 Å². The van der Waals surface area contributed by atoms with Gasteiger partial charge in [-0.25, -0.2) is 0 Å². The largest absolute Gasteiger partial charge is 0.363 e. The van der Waals surface area contributed by atoms with Crippen LogP contribution in [0.15, 0.2) is 24.3 Å². The second-order valence-corrected chi connectivity index (χ2v) is 6.22. The minimum atomic E-state index is -0.415. The lowest BCUT2D eigenvalue weighted by Gasteiger charge is -2.36. The zero-order valence-electron chi connectivity index (χ0n) is 13.0. The van der Waals surface area contributed by atoms with E-state index in [1.807, 2.05) is 23.1 Å². The fraction of sp³-hybridized carbons (Fsp3) is 0.588. The van der Waals surface area contributed by atoms with E-state index in [4.69, 9.17) is 10.5 Å². The molecule has 122 valence electrons. The van der Waals surface area contributed by atoms with Gasteiger partial charge < -0.3 is 15.4 Å². The summed E-state index contributed by atoms with van der Waals surface area (Å²) in [4.78, 5) is 14.7. The van der Waals surface area contributed by atoms with Crippen LogP contribution in [0.3, 0.4) is 0 Å². The molecule has 0 aromatic heterocycles. The zero-order chi connectivity index (χ0) is 14.8. The molecule has 0 bridgehead atoms. The van der Waals surface area contributed by atoms with Gasteiger partial charge in [-0.2, -0.15) is 0 Å². The van der Waals surface area contributed by atoms with Crippen molar-refractivity contribution in [1.82, 2.24) is 4.90 Å². The monoisotopic (exact) mass is 324 g/mol. The van der Waals surface area contributed by atoms with E-state index in [0.29, 0.717) is 12.5 Å².